The van der Waals surface area contributed by atoms with Crippen LogP contribution in [0.15, 0.2) is 46.2 Å². The highest BCUT2D eigenvalue weighted by Crippen LogP contribution is 2.29. The number of methoxy groups -OCH3 is 2. The largest absolute Gasteiger partial charge is 0.493 e. The molecule has 0 aliphatic carbocycles. The van der Waals surface area contributed by atoms with Gasteiger partial charge in [-0.3, -0.25) is 4.79 Å². The molecule has 0 unspecified atom stereocenters. The number of anilines is 1. The fourth-order valence-electron chi connectivity index (χ4n) is 2.68. The smallest absolute Gasteiger partial charge is 0.240 e. The number of benzene rings is 2. The van der Waals surface area contributed by atoms with E-state index < -0.39 is 10.0 Å². The molecule has 7 nitrogen and oxygen atoms in total. The van der Waals surface area contributed by atoms with E-state index in [2.05, 4.69) is 10.0 Å². The maximum atomic E-state index is 12.7. The van der Waals surface area contributed by atoms with Crippen molar-refractivity contribution in [2.75, 3.05) is 32.3 Å². The first-order chi connectivity index (χ1) is 14.2. The summed E-state index contributed by atoms with van der Waals surface area (Å²) in [7, 11) is -0.614. The molecule has 0 atom stereocenters. The summed E-state index contributed by atoms with van der Waals surface area (Å²) in [6.07, 6.45) is 2.36. The number of amides is 1. The third-order valence-electron chi connectivity index (χ3n) is 4.42. The first-order valence-electron chi connectivity index (χ1n) is 9.41. The van der Waals surface area contributed by atoms with Gasteiger partial charge < -0.3 is 14.8 Å². The van der Waals surface area contributed by atoms with Crippen molar-refractivity contribution in [3.63, 3.8) is 0 Å². The van der Waals surface area contributed by atoms with Crippen molar-refractivity contribution in [1.82, 2.24) is 4.72 Å². The molecule has 2 aromatic carbocycles. The minimum Gasteiger partial charge on any atom is -0.493 e. The number of thioether (sulfide) groups is 1. The van der Waals surface area contributed by atoms with Crippen LogP contribution < -0.4 is 19.5 Å². The van der Waals surface area contributed by atoms with Gasteiger partial charge >= 0.3 is 0 Å². The summed E-state index contributed by atoms with van der Waals surface area (Å²) < 4.78 is 38.6. The van der Waals surface area contributed by atoms with Crippen molar-refractivity contribution in [1.29, 1.82) is 0 Å². The predicted octanol–water partition coefficient (Wildman–Crippen LogP) is 3.54. The van der Waals surface area contributed by atoms with E-state index >= 15 is 0 Å². The number of hydrogen-bond donors (Lipinski definition) is 2. The lowest BCUT2D eigenvalue weighted by Crippen LogP contribution is -2.26. The van der Waals surface area contributed by atoms with Crippen LogP contribution in [0.4, 0.5) is 5.69 Å². The zero-order valence-corrected chi connectivity index (χ0v) is 19.4. The van der Waals surface area contributed by atoms with E-state index in [0.717, 1.165) is 10.5 Å². The van der Waals surface area contributed by atoms with Gasteiger partial charge in [0.2, 0.25) is 15.9 Å². The molecule has 0 spiro atoms. The number of carbonyl (C=O) groups excluding carboxylic acids is 1. The Morgan fingerprint density at radius 2 is 1.77 bits per heavy atom. The van der Waals surface area contributed by atoms with E-state index in [-0.39, 0.29) is 23.3 Å². The highest BCUT2D eigenvalue weighted by molar-refractivity contribution is 7.98. The highest BCUT2D eigenvalue weighted by Gasteiger charge is 2.18. The molecule has 0 heterocycles. The molecule has 2 aromatic rings. The Morgan fingerprint density at radius 1 is 1.07 bits per heavy atom. The Morgan fingerprint density at radius 3 is 2.37 bits per heavy atom. The van der Waals surface area contributed by atoms with Crippen LogP contribution in [0.5, 0.6) is 11.5 Å². The van der Waals surface area contributed by atoms with E-state index in [0.29, 0.717) is 23.6 Å². The normalized spacial score (nSPS) is 11.4. The Hall–Kier alpha value is -2.23. The lowest BCUT2D eigenvalue weighted by Gasteiger charge is -2.14. The fourth-order valence-corrected chi connectivity index (χ4v) is 4.27. The molecule has 0 saturated carbocycles. The van der Waals surface area contributed by atoms with Gasteiger partial charge in [0, 0.05) is 17.4 Å². The molecule has 0 aliphatic heterocycles. The summed E-state index contributed by atoms with van der Waals surface area (Å²) in [5.41, 5.74) is 1.40. The second-order valence-electron chi connectivity index (χ2n) is 6.84. The minimum atomic E-state index is -3.73. The lowest BCUT2D eigenvalue weighted by atomic mass is 10.1. The lowest BCUT2D eigenvalue weighted by molar-refractivity contribution is -0.118. The van der Waals surface area contributed by atoms with Gasteiger partial charge in [-0.05, 0) is 48.6 Å². The molecule has 0 bridgehead atoms. The quantitative estimate of drug-likeness (QED) is 0.536. The molecule has 0 aromatic heterocycles. The molecular weight excluding hydrogens is 424 g/mol. The van der Waals surface area contributed by atoms with Crippen LogP contribution in [0.3, 0.4) is 0 Å². The molecular formula is C21H28N2O5S2. The molecule has 2 rings (SSSR count). The first-order valence-corrected chi connectivity index (χ1v) is 12.1. The Kier molecular flexibility index (Phi) is 8.57. The maximum Gasteiger partial charge on any atom is 0.240 e. The third kappa shape index (κ3) is 6.13. The molecule has 164 valence electrons. The van der Waals surface area contributed by atoms with Gasteiger partial charge in [0.05, 0.1) is 24.8 Å². The van der Waals surface area contributed by atoms with Gasteiger partial charge in [-0.2, -0.15) is 0 Å². The number of ether oxygens (including phenoxy) is 2. The Labute approximate surface area is 182 Å². The summed E-state index contributed by atoms with van der Waals surface area (Å²) in [5.74, 6) is 0.837. The molecule has 0 saturated heterocycles. The van der Waals surface area contributed by atoms with E-state index in [1.807, 2.05) is 18.4 Å². The first kappa shape index (κ1) is 24.0. The van der Waals surface area contributed by atoms with Crippen LogP contribution in [-0.2, 0) is 21.2 Å². The number of hydrogen-bond acceptors (Lipinski definition) is 6. The van der Waals surface area contributed by atoms with E-state index in [9.17, 15) is 13.2 Å². The fraction of sp³-hybridized carbons (Fsp3) is 0.381. The number of nitrogens with one attached hydrogen (secondary N) is 2. The molecule has 2 N–H and O–H groups in total. The summed E-state index contributed by atoms with van der Waals surface area (Å²) in [4.78, 5) is 13.0. The number of sulfonamides is 1. The van der Waals surface area contributed by atoms with Crippen molar-refractivity contribution >= 4 is 33.4 Å². The van der Waals surface area contributed by atoms with Gasteiger partial charge in [0.1, 0.15) is 0 Å². The van der Waals surface area contributed by atoms with Gasteiger partial charge in [0.25, 0.3) is 0 Å². The summed E-state index contributed by atoms with van der Waals surface area (Å²) in [6, 6.07) is 10.2. The number of rotatable bonds is 10. The standard InChI is InChI=1S/C21H28N2O5S2/c1-14(2)21(24)23-17-13-16(7-9-20(17)29-5)30(25,26)22-11-10-15-6-8-18(27-3)19(12-15)28-4/h6-9,12-14,22H,10-11H2,1-5H3,(H,23,24). The summed E-state index contributed by atoms with van der Waals surface area (Å²) >= 11 is 1.44. The highest BCUT2D eigenvalue weighted by atomic mass is 32.2. The molecule has 9 heteroatoms. The summed E-state index contributed by atoms with van der Waals surface area (Å²) in [5, 5.41) is 2.80. The van der Waals surface area contributed by atoms with Crippen molar-refractivity contribution in [3.05, 3.63) is 42.0 Å². The summed E-state index contributed by atoms with van der Waals surface area (Å²) in [6.45, 7) is 3.78. The van der Waals surface area contributed by atoms with Gasteiger partial charge in [-0.25, -0.2) is 13.1 Å². The SMILES string of the molecule is COc1ccc(CCNS(=O)(=O)c2ccc(SC)c(NC(=O)C(C)C)c2)cc1OC. The van der Waals surface area contributed by atoms with Crippen molar-refractivity contribution in [2.24, 2.45) is 5.92 Å². The zero-order chi connectivity index (χ0) is 22.3. The van der Waals surface area contributed by atoms with Crippen molar-refractivity contribution in [3.8, 4) is 11.5 Å². The third-order valence-corrected chi connectivity index (χ3v) is 6.67. The predicted molar refractivity (Wildman–Crippen MR) is 120 cm³/mol. The average Bonchev–Trinajstić information content (AvgIpc) is 2.73. The van der Waals surface area contributed by atoms with Crippen LogP contribution >= 0.6 is 11.8 Å². The second-order valence-corrected chi connectivity index (χ2v) is 9.46. The monoisotopic (exact) mass is 452 g/mol. The molecule has 0 radical (unpaired) electrons. The molecule has 0 fully saturated rings. The maximum absolute atomic E-state index is 12.7. The van der Waals surface area contributed by atoms with Crippen molar-refractivity contribution in [2.45, 2.75) is 30.1 Å². The topological polar surface area (TPSA) is 93.7 Å². The van der Waals surface area contributed by atoms with Gasteiger partial charge in [0.15, 0.2) is 11.5 Å². The van der Waals surface area contributed by atoms with Crippen LogP contribution in [-0.4, -0.2) is 41.3 Å². The van der Waals surface area contributed by atoms with Crippen LogP contribution in [0.1, 0.15) is 19.4 Å². The van der Waals surface area contributed by atoms with Crippen LogP contribution in [0.2, 0.25) is 0 Å². The van der Waals surface area contributed by atoms with Crippen LogP contribution in [0.25, 0.3) is 0 Å². The van der Waals surface area contributed by atoms with E-state index in [1.54, 1.807) is 40.2 Å². The molecule has 1 amide bonds. The Bertz CT molecular complexity index is 991. The number of carbonyl (C=O) groups is 1. The molecule has 0 aliphatic rings. The van der Waals surface area contributed by atoms with Crippen LogP contribution in [0, 0.1) is 5.92 Å². The Balaban J connectivity index is 2.12. The van der Waals surface area contributed by atoms with E-state index in [4.69, 9.17) is 9.47 Å². The van der Waals surface area contributed by atoms with Gasteiger partial charge in [-0.1, -0.05) is 19.9 Å². The zero-order valence-electron chi connectivity index (χ0n) is 17.8. The van der Waals surface area contributed by atoms with E-state index in [1.165, 1.54) is 23.9 Å². The molecule has 30 heavy (non-hydrogen) atoms. The second kappa shape index (κ2) is 10.7. The van der Waals surface area contributed by atoms with Gasteiger partial charge in [-0.15, -0.1) is 11.8 Å². The average molecular weight is 453 g/mol. The van der Waals surface area contributed by atoms with Crippen molar-refractivity contribution < 1.29 is 22.7 Å². The minimum absolute atomic E-state index is 0.103.